The molecule has 3 rings (SSSR count). The second kappa shape index (κ2) is 3.08. The first-order chi connectivity index (χ1) is 7.73. The number of rotatable bonds is 0. The molecule has 0 heterocycles. The molecular formula is C15H26O2. The first-order valence-corrected chi connectivity index (χ1v) is 7.13. The lowest BCUT2D eigenvalue weighted by atomic mass is 9.63. The molecule has 1 spiro atoms. The van der Waals surface area contributed by atoms with Gasteiger partial charge in [-0.15, -0.1) is 0 Å². The molecule has 2 bridgehead atoms. The van der Waals surface area contributed by atoms with Crippen molar-refractivity contribution in [3.8, 4) is 0 Å². The van der Waals surface area contributed by atoms with Gasteiger partial charge in [0, 0.05) is 0 Å². The fraction of sp³-hybridized carbons (Fsp3) is 1.00. The molecule has 3 saturated carbocycles. The molecule has 3 fully saturated rings. The second-order valence-electron chi connectivity index (χ2n) is 7.79. The molecule has 3 aliphatic carbocycles. The Bertz CT molecular complexity index is 347. The Hall–Kier alpha value is -0.0800. The molecule has 6 atom stereocenters. The van der Waals surface area contributed by atoms with Crippen molar-refractivity contribution < 1.29 is 10.2 Å². The maximum Gasteiger partial charge on any atom is 0.0911 e. The second-order valence-corrected chi connectivity index (χ2v) is 7.79. The van der Waals surface area contributed by atoms with Gasteiger partial charge in [-0.25, -0.2) is 0 Å². The van der Waals surface area contributed by atoms with Crippen molar-refractivity contribution in [2.75, 3.05) is 0 Å². The molecule has 0 aromatic carbocycles. The molecule has 2 heteroatoms. The Morgan fingerprint density at radius 1 is 1.00 bits per heavy atom. The summed E-state index contributed by atoms with van der Waals surface area (Å²) < 4.78 is 0. The van der Waals surface area contributed by atoms with Crippen LogP contribution in [0.3, 0.4) is 0 Å². The molecule has 0 radical (unpaired) electrons. The summed E-state index contributed by atoms with van der Waals surface area (Å²) in [6.45, 7) is 8.83. The SMILES string of the molecule is C[C@@H]1CC[C@H]2C(C)(C)[C@H]3C[C@@]12C[C@@H](O)[C@]3(C)O. The lowest BCUT2D eigenvalue weighted by molar-refractivity contribution is -0.153. The average Bonchev–Trinajstić information content (AvgIpc) is 2.61. The van der Waals surface area contributed by atoms with Gasteiger partial charge in [-0.2, -0.15) is 0 Å². The number of aliphatic hydroxyl groups excluding tert-OH is 1. The van der Waals surface area contributed by atoms with Gasteiger partial charge in [0.25, 0.3) is 0 Å². The lowest BCUT2D eigenvalue weighted by Crippen LogP contribution is -2.53. The standard InChI is InChI=1S/C15H26O2/c1-9-5-6-10-13(2,3)11-7-15(9,10)8-12(16)14(11,4)17/h9-12,16-17H,5-8H2,1-4H3/t9-,10+,11-,12-,14-,15-/m1/s1. The van der Waals surface area contributed by atoms with E-state index in [0.717, 1.165) is 12.8 Å². The molecule has 0 amide bonds. The van der Waals surface area contributed by atoms with Crippen LogP contribution in [0.5, 0.6) is 0 Å². The van der Waals surface area contributed by atoms with Gasteiger partial charge in [-0.3, -0.25) is 0 Å². The highest BCUT2D eigenvalue weighted by molar-refractivity contribution is 5.19. The van der Waals surface area contributed by atoms with E-state index in [4.69, 9.17) is 0 Å². The number of hydrogen-bond acceptors (Lipinski definition) is 2. The van der Waals surface area contributed by atoms with Crippen LogP contribution >= 0.6 is 0 Å². The third-order valence-corrected chi connectivity index (χ3v) is 6.90. The minimum Gasteiger partial charge on any atom is -0.390 e. The fourth-order valence-corrected chi connectivity index (χ4v) is 5.86. The summed E-state index contributed by atoms with van der Waals surface area (Å²) in [5, 5.41) is 21.0. The fourth-order valence-electron chi connectivity index (χ4n) is 5.86. The van der Waals surface area contributed by atoms with Crippen LogP contribution in [-0.4, -0.2) is 21.9 Å². The largest absolute Gasteiger partial charge is 0.390 e. The van der Waals surface area contributed by atoms with Crippen molar-refractivity contribution >= 4 is 0 Å². The molecule has 98 valence electrons. The Labute approximate surface area is 104 Å². The van der Waals surface area contributed by atoms with Crippen molar-refractivity contribution in [1.29, 1.82) is 0 Å². The molecule has 17 heavy (non-hydrogen) atoms. The van der Waals surface area contributed by atoms with Crippen molar-refractivity contribution in [2.24, 2.45) is 28.6 Å². The average molecular weight is 238 g/mol. The van der Waals surface area contributed by atoms with Crippen LogP contribution in [0, 0.1) is 28.6 Å². The number of aliphatic hydroxyl groups is 2. The minimum absolute atomic E-state index is 0.172. The normalized spacial score (nSPS) is 60.4. The summed E-state index contributed by atoms with van der Waals surface area (Å²) in [5.74, 6) is 1.66. The van der Waals surface area contributed by atoms with E-state index in [-0.39, 0.29) is 11.3 Å². The third kappa shape index (κ3) is 1.19. The maximum atomic E-state index is 10.7. The highest BCUT2D eigenvalue weighted by Crippen LogP contribution is 2.73. The molecular weight excluding hydrogens is 212 g/mol. The van der Waals surface area contributed by atoms with Gasteiger partial charge in [0.05, 0.1) is 11.7 Å². The monoisotopic (exact) mass is 238 g/mol. The van der Waals surface area contributed by atoms with Gasteiger partial charge in [0.1, 0.15) is 0 Å². The van der Waals surface area contributed by atoms with E-state index in [1.807, 2.05) is 6.92 Å². The first kappa shape index (κ1) is 12.0. The predicted octanol–water partition coefficient (Wildman–Crippen LogP) is 2.58. The molecule has 0 unspecified atom stereocenters. The van der Waals surface area contributed by atoms with Crippen LogP contribution < -0.4 is 0 Å². The Morgan fingerprint density at radius 2 is 1.65 bits per heavy atom. The quantitative estimate of drug-likeness (QED) is 0.681. The van der Waals surface area contributed by atoms with Gasteiger partial charge >= 0.3 is 0 Å². The lowest BCUT2D eigenvalue weighted by Gasteiger charge is -2.47. The van der Waals surface area contributed by atoms with Crippen LogP contribution in [0.25, 0.3) is 0 Å². The van der Waals surface area contributed by atoms with Crippen LogP contribution in [0.1, 0.15) is 53.4 Å². The van der Waals surface area contributed by atoms with E-state index < -0.39 is 11.7 Å². The highest BCUT2D eigenvalue weighted by atomic mass is 16.3. The number of hydrogen-bond donors (Lipinski definition) is 2. The Morgan fingerprint density at radius 3 is 2.29 bits per heavy atom. The molecule has 3 aliphatic rings. The summed E-state index contributed by atoms with van der Waals surface area (Å²) >= 11 is 0. The zero-order valence-corrected chi connectivity index (χ0v) is 11.5. The van der Waals surface area contributed by atoms with Crippen LogP contribution in [0.2, 0.25) is 0 Å². The van der Waals surface area contributed by atoms with E-state index in [1.165, 1.54) is 12.8 Å². The van der Waals surface area contributed by atoms with Gasteiger partial charge in [-0.05, 0) is 61.2 Å². The van der Waals surface area contributed by atoms with Gasteiger partial charge < -0.3 is 10.2 Å². The predicted molar refractivity (Wildman–Crippen MR) is 67.5 cm³/mol. The summed E-state index contributed by atoms with van der Waals surface area (Å²) in [7, 11) is 0. The smallest absolute Gasteiger partial charge is 0.0911 e. The van der Waals surface area contributed by atoms with Gasteiger partial charge in [0.15, 0.2) is 0 Å². The van der Waals surface area contributed by atoms with E-state index >= 15 is 0 Å². The van der Waals surface area contributed by atoms with Crippen molar-refractivity contribution in [1.82, 2.24) is 0 Å². The van der Waals surface area contributed by atoms with Gasteiger partial charge in [0.2, 0.25) is 0 Å². The van der Waals surface area contributed by atoms with Crippen LogP contribution in [-0.2, 0) is 0 Å². The van der Waals surface area contributed by atoms with Gasteiger partial charge in [-0.1, -0.05) is 20.8 Å². The molecule has 0 aliphatic heterocycles. The van der Waals surface area contributed by atoms with E-state index in [2.05, 4.69) is 20.8 Å². The van der Waals surface area contributed by atoms with Crippen molar-refractivity contribution in [3.63, 3.8) is 0 Å². The van der Waals surface area contributed by atoms with Crippen LogP contribution in [0.15, 0.2) is 0 Å². The summed E-state index contributed by atoms with van der Waals surface area (Å²) in [6, 6.07) is 0. The summed E-state index contributed by atoms with van der Waals surface area (Å²) in [5.41, 5.74) is -0.402. The first-order valence-electron chi connectivity index (χ1n) is 7.13. The van der Waals surface area contributed by atoms with E-state index in [1.54, 1.807) is 0 Å². The van der Waals surface area contributed by atoms with E-state index in [9.17, 15) is 10.2 Å². The molecule has 0 aromatic heterocycles. The third-order valence-electron chi connectivity index (χ3n) is 6.90. The molecule has 2 nitrogen and oxygen atoms in total. The topological polar surface area (TPSA) is 40.5 Å². The summed E-state index contributed by atoms with van der Waals surface area (Å²) in [4.78, 5) is 0. The van der Waals surface area contributed by atoms with Crippen molar-refractivity contribution in [2.45, 2.75) is 65.1 Å². The van der Waals surface area contributed by atoms with E-state index in [0.29, 0.717) is 17.3 Å². The van der Waals surface area contributed by atoms with Crippen LogP contribution in [0.4, 0.5) is 0 Å². The maximum absolute atomic E-state index is 10.7. The van der Waals surface area contributed by atoms with Crippen molar-refractivity contribution in [3.05, 3.63) is 0 Å². The zero-order valence-electron chi connectivity index (χ0n) is 11.5. The Kier molecular flexibility index (Phi) is 2.17. The number of fused-ring (bicyclic) bond motifs is 1. The molecule has 0 aromatic rings. The molecule has 0 saturated heterocycles. The summed E-state index contributed by atoms with van der Waals surface area (Å²) in [6.07, 6.45) is 3.98. The highest BCUT2D eigenvalue weighted by Gasteiger charge is 2.70. The zero-order chi connectivity index (χ0) is 12.6. The Balaban J connectivity index is 2.10. The minimum atomic E-state index is -0.890. The molecule has 2 N–H and O–H groups in total.